The van der Waals surface area contributed by atoms with E-state index in [0.717, 1.165) is 12.8 Å². The average Bonchev–Trinajstić information content (AvgIpc) is 2.68. The van der Waals surface area contributed by atoms with E-state index in [4.69, 9.17) is 5.11 Å². The third kappa shape index (κ3) is 1.70. The van der Waals surface area contributed by atoms with Crippen LogP contribution in [0.4, 0.5) is 0 Å². The number of benzene rings is 2. The Morgan fingerprint density at radius 3 is 2.76 bits per heavy atom. The summed E-state index contributed by atoms with van der Waals surface area (Å²) in [5.41, 5.74) is 2.70. The van der Waals surface area contributed by atoms with Crippen molar-refractivity contribution in [3.63, 3.8) is 0 Å². The van der Waals surface area contributed by atoms with E-state index in [1.54, 1.807) is 0 Å². The molecule has 0 amide bonds. The maximum Gasteiger partial charge on any atom is 0.303 e. The summed E-state index contributed by atoms with van der Waals surface area (Å²) in [6.45, 7) is 0. The van der Waals surface area contributed by atoms with Crippen LogP contribution >= 0.6 is 0 Å². The van der Waals surface area contributed by atoms with Crippen LogP contribution < -0.4 is 0 Å². The lowest BCUT2D eigenvalue weighted by atomic mass is 9.95. The second-order valence-electron chi connectivity index (χ2n) is 4.70. The molecule has 17 heavy (non-hydrogen) atoms. The van der Waals surface area contributed by atoms with Gasteiger partial charge in [0.15, 0.2) is 0 Å². The molecule has 0 saturated heterocycles. The van der Waals surface area contributed by atoms with Gasteiger partial charge in [-0.05, 0) is 40.7 Å². The number of carboxylic acids is 1. The Labute approximate surface area is 99.9 Å². The summed E-state index contributed by atoms with van der Waals surface area (Å²) < 4.78 is 0. The molecule has 0 aromatic heterocycles. The molecule has 0 saturated carbocycles. The van der Waals surface area contributed by atoms with Crippen molar-refractivity contribution >= 4 is 16.7 Å². The molecule has 2 heteroatoms. The Morgan fingerprint density at radius 1 is 1.24 bits per heavy atom. The Kier molecular flexibility index (Phi) is 2.36. The third-order valence-corrected chi connectivity index (χ3v) is 3.64. The molecule has 1 aliphatic rings. The van der Waals surface area contributed by atoms with Crippen molar-refractivity contribution in [2.45, 2.75) is 25.2 Å². The molecule has 0 fully saturated rings. The number of hydrogen-bond acceptors (Lipinski definition) is 1. The lowest BCUT2D eigenvalue weighted by Gasteiger charge is -2.09. The number of hydrogen-bond donors (Lipinski definition) is 1. The zero-order chi connectivity index (χ0) is 11.8. The zero-order valence-electron chi connectivity index (χ0n) is 9.52. The topological polar surface area (TPSA) is 37.3 Å². The second kappa shape index (κ2) is 3.88. The fraction of sp³-hybridized carbons (Fsp3) is 0.267. The lowest BCUT2D eigenvalue weighted by Crippen LogP contribution is -2.01. The van der Waals surface area contributed by atoms with Crippen molar-refractivity contribution in [1.82, 2.24) is 0 Å². The molecule has 0 bridgehead atoms. The predicted molar refractivity (Wildman–Crippen MR) is 67.3 cm³/mol. The van der Waals surface area contributed by atoms with Crippen LogP contribution in [0.15, 0.2) is 36.4 Å². The van der Waals surface area contributed by atoms with Gasteiger partial charge in [0.25, 0.3) is 0 Å². The molecule has 1 N–H and O–H groups in total. The molecule has 3 rings (SSSR count). The van der Waals surface area contributed by atoms with E-state index in [9.17, 15) is 4.79 Å². The first kappa shape index (κ1) is 10.3. The first-order chi connectivity index (χ1) is 8.25. The average molecular weight is 226 g/mol. The first-order valence-electron chi connectivity index (χ1n) is 5.98. The van der Waals surface area contributed by atoms with Gasteiger partial charge in [0.05, 0.1) is 0 Å². The Bertz CT molecular complexity index is 581. The van der Waals surface area contributed by atoms with Crippen LogP contribution in [-0.4, -0.2) is 11.1 Å². The molecule has 1 atom stereocenters. The number of aliphatic carboxylic acids is 1. The summed E-state index contributed by atoms with van der Waals surface area (Å²) >= 11 is 0. The van der Waals surface area contributed by atoms with Crippen molar-refractivity contribution in [2.75, 3.05) is 0 Å². The standard InChI is InChI=1S/C15H14O2/c16-14(17)8-7-11-9-12-5-1-3-10-4-2-6-13(11)15(10)12/h1-6,11H,7-9H2,(H,16,17). The highest BCUT2D eigenvalue weighted by molar-refractivity contribution is 5.91. The van der Waals surface area contributed by atoms with Crippen LogP contribution in [0.25, 0.3) is 10.8 Å². The quantitative estimate of drug-likeness (QED) is 0.871. The summed E-state index contributed by atoms with van der Waals surface area (Å²) in [6.07, 6.45) is 1.99. The largest absolute Gasteiger partial charge is 0.481 e. The van der Waals surface area contributed by atoms with E-state index in [1.165, 1.54) is 21.9 Å². The maximum absolute atomic E-state index is 10.7. The van der Waals surface area contributed by atoms with E-state index in [-0.39, 0.29) is 6.42 Å². The Balaban J connectivity index is 2.01. The summed E-state index contributed by atoms with van der Waals surface area (Å²) in [4.78, 5) is 10.7. The van der Waals surface area contributed by atoms with Crippen LogP contribution in [0.2, 0.25) is 0 Å². The molecule has 2 aromatic carbocycles. The summed E-state index contributed by atoms with van der Waals surface area (Å²) in [7, 11) is 0. The van der Waals surface area contributed by atoms with Crippen molar-refractivity contribution in [3.05, 3.63) is 47.5 Å². The van der Waals surface area contributed by atoms with Crippen LogP contribution in [0.1, 0.15) is 29.9 Å². The molecule has 2 aromatic rings. The molecule has 0 heterocycles. The van der Waals surface area contributed by atoms with Gasteiger partial charge in [-0.2, -0.15) is 0 Å². The van der Waals surface area contributed by atoms with E-state index >= 15 is 0 Å². The van der Waals surface area contributed by atoms with Gasteiger partial charge in [-0.25, -0.2) is 0 Å². The predicted octanol–water partition coefficient (Wildman–Crippen LogP) is 3.34. The normalized spacial score (nSPS) is 17.5. The van der Waals surface area contributed by atoms with E-state index in [1.807, 2.05) is 0 Å². The van der Waals surface area contributed by atoms with Gasteiger partial charge in [-0.1, -0.05) is 36.4 Å². The van der Waals surface area contributed by atoms with Crippen molar-refractivity contribution < 1.29 is 9.90 Å². The molecular formula is C15H14O2. The smallest absolute Gasteiger partial charge is 0.303 e. The lowest BCUT2D eigenvalue weighted by molar-refractivity contribution is -0.137. The Morgan fingerprint density at radius 2 is 2.00 bits per heavy atom. The summed E-state index contributed by atoms with van der Waals surface area (Å²) in [5, 5.41) is 11.4. The Hall–Kier alpha value is -1.83. The third-order valence-electron chi connectivity index (χ3n) is 3.64. The van der Waals surface area contributed by atoms with E-state index in [2.05, 4.69) is 36.4 Å². The summed E-state index contributed by atoms with van der Waals surface area (Å²) in [5.74, 6) is -0.319. The van der Waals surface area contributed by atoms with E-state index in [0.29, 0.717) is 5.92 Å². The summed E-state index contributed by atoms with van der Waals surface area (Å²) in [6, 6.07) is 12.7. The SMILES string of the molecule is O=C(O)CCC1Cc2cccc3cccc1c23. The molecular weight excluding hydrogens is 212 g/mol. The highest BCUT2D eigenvalue weighted by Crippen LogP contribution is 2.40. The minimum atomic E-state index is -0.701. The van der Waals surface area contributed by atoms with Crippen LogP contribution in [0.5, 0.6) is 0 Å². The zero-order valence-corrected chi connectivity index (χ0v) is 9.52. The number of rotatable bonds is 3. The van der Waals surface area contributed by atoms with Gasteiger partial charge in [-0.3, -0.25) is 4.79 Å². The highest BCUT2D eigenvalue weighted by Gasteiger charge is 2.24. The van der Waals surface area contributed by atoms with Gasteiger partial charge < -0.3 is 5.11 Å². The molecule has 86 valence electrons. The van der Waals surface area contributed by atoms with Gasteiger partial charge in [-0.15, -0.1) is 0 Å². The molecule has 0 aliphatic heterocycles. The molecule has 1 unspecified atom stereocenters. The van der Waals surface area contributed by atoms with Gasteiger partial charge >= 0.3 is 5.97 Å². The van der Waals surface area contributed by atoms with Crippen molar-refractivity contribution in [2.24, 2.45) is 0 Å². The van der Waals surface area contributed by atoms with Gasteiger partial charge in [0.1, 0.15) is 0 Å². The molecule has 0 spiro atoms. The second-order valence-corrected chi connectivity index (χ2v) is 4.70. The fourth-order valence-corrected chi connectivity index (χ4v) is 2.89. The minimum Gasteiger partial charge on any atom is -0.481 e. The van der Waals surface area contributed by atoms with Crippen molar-refractivity contribution in [3.8, 4) is 0 Å². The van der Waals surface area contributed by atoms with Gasteiger partial charge in [0.2, 0.25) is 0 Å². The fourth-order valence-electron chi connectivity index (χ4n) is 2.89. The number of carbonyl (C=O) groups is 1. The van der Waals surface area contributed by atoms with Gasteiger partial charge in [0, 0.05) is 6.42 Å². The van der Waals surface area contributed by atoms with E-state index < -0.39 is 5.97 Å². The monoisotopic (exact) mass is 226 g/mol. The minimum absolute atomic E-state index is 0.259. The first-order valence-corrected chi connectivity index (χ1v) is 5.98. The molecule has 1 aliphatic carbocycles. The van der Waals surface area contributed by atoms with Crippen LogP contribution in [0, 0.1) is 0 Å². The molecule has 2 nitrogen and oxygen atoms in total. The van der Waals surface area contributed by atoms with Crippen molar-refractivity contribution in [1.29, 1.82) is 0 Å². The molecule has 0 radical (unpaired) electrons. The van der Waals surface area contributed by atoms with Crippen LogP contribution in [0.3, 0.4) is 0 Å². The van der Waals surface area contributed by atoms with Crippen LogP contribution in [-0.2, 0) is 11.2 Å². The maximum atomic E-state index is 10.7. The number of carboxylic acid groups (broad SMARTS) is 1. The highest BCUT2D eigenvalue weighted by atomic mass is 16.4.